The van der Waals surface area contributed by atoms with Gasteiger partial charge in [-0.1, -0.05) is 28.4 Å². The Morgan fingerprint density at radius 1 is 1.16 bits per heavy atom. The number of carbonyl (C=O) groups excluding carboxylic acids is 2. The Labute approximate surface area is 121 Å². The molecule has 0 atom stereocenters. The normalized spacial score (nSPS) is 10.0. The third-order valence-electron chi connectivity index (χ3n) is 2.36. The molecule has 6 heteroatoms. The van der Waals surface area contributed by atoms with Crippen LogP contribution in [-0.2, 0) is 9.59 Å². The maximum Gasteiger partial charge on any atom is 0.225 e. The summed E-state index contributed by atoms with van der Waals surface area (Å²) in [7, 11) is 0. The molecule has 104 valence electrons. The van der Waals surface area contributed by atoms with Crippen LogP contribution in [0.15, 0.2) is 18.2 Å². The summed E-state index contributed by atoms with van der Waals surface area (Å²) < 4.78 is 0. The molecule has 1 heterocycles. The standard InChI is InChI=1S/C13H18BrN3O2/c1-10(18)15-11-6-5-7-12(16-11)17-13(19)8-3-2-4-9-14/h5-7H,2-4,8-9H2,1H3,(H2,15,16,17,18,19). The molecule has 0 saturated carbocycles. The lowest BCUT2D eigenvalue weighted by Crippen LogP contribution is -2.13. The molecule has 0 fully saturated rings. The molecule has 0 spiro atoms. The van der Waals surface area contributed by atoms with Gasteiger partial charge in [-0.25, -0.2) is 4.98 Å². The van der Waals surface area contributed by atoms with Crippen LogP contribution in [0.5, 0.6) is 0 Å². The third kappa shape index (κ3) is 6.91. The maximum absolute atomic E-state index is 11.7. The SMILES string of the molecule is CC(=O)Nc1cccc(NC(=O)CCCCCBr)n1. The predicted octanol–water partition coefficient (Wildman–Crippen LogP) is 2.93. The van der Waals surface area contributed by atoms with Gasteiger partial charge in [0.05, 0.1) is 0 Å². The van der Waals surface area contributed by atoms with Crippen molar-refractivity contribution in [1.82, 2.24) is 4.98 Å². The van der Waals surface area contributed by atoms with Crippen LogP contribution < -0.4 is 10.6 Å². The molecular weight excluding hydrogens is 310 g/mol. The van der Waals surface area contributed by atoms with Gasteiger partial charge < -0.3 is 10.6 Å². The number of rotatable bonds is 7. The largest absolute Gasteiger partial charge is 0.311 e. The molecule has 1 aromatic heterocycles. The highest BCUT2D eigenvalue weighted by molar-refractivity contribution is 9.09. The van der Waals surface area contributed by atoms with E-state index in [-0.39, 0.29) is 11.8 Å². The highest BCUT2D eigenvalue weighted by atomic mass is 79.9. The number of alkyl halides is 1. The Morgan fingerprint density at radius 3 is 2.47 bits per heavy atom. The fourth-order valence-electron chi connectivity index (χ4n) is 1.52. The second-order valence-electron chi connectivity index (χ2n) is 4.14. The van der Waals surface area contributed by atoms with Gasteiger partial charge in [0.25, 0.3) is 0 Å². The number of carbonyl (C=O) groups is 2. The first-order valence-electron chi connectivity index (χ1n) is 6.22. The van der Waals surface area contributed by atoms with Gasteiger partial charge in [-0.05, 0) is 25.0 Å². The zero-order valence-corrected chi connectivity index (χ0v) is 12.5. The van der Waals surface area contributed by atoms with E-state index in [2.05, 4.69) is 31.5 Å². The molecule has 2 amide bonds. The minimum Gasteiger partial charge on any atom is -0.311 e. The Balaban J connectivity index is 2.43. The van der Waals surface area contributed by atoms with Crippen LogP contribution in [0.3, 0.4) is 0 Å². The van der Waals surface area contributed by atoms with Crippen LogP contribution >= 0.6 is 15.9 Å². The van der Waals surface area contributed by atoms with E-state index in [9.17, 15) is 9.59 Å². The number of nitrogens with zero attached hydrogens (tertiary/aromatic N) is 1. The highest BCUT2D eigenvalue weighted by Gasteiger charge is 2.04. The number of anilines is 2. The molecular formula is C13H18BrN3O2. The summed E-state index contributed by atoms with van der Waals surface area (Å²) in [5.41, 5.74) is 0. The predicted molar refractivity (Wildman–Crippen MR) is 79.4 cm³/mol. The lowest BCUT2D eigenvalue weighted by molar-refractivity contribution is -0.116. The van der Waals surface area contributed by atoms with Crippen molar-refractivity contribution in [2.24, 2.45) is 0 Å². The van der Waals surface area contributed by atoms with Crippen molar-refractivity contribution < 1.29 is 9.59 Å². The summed E-state index contributed by atoms with van der Waals surface area (Å²) in [5.74, 6) is 0.647. The number of unbranched alkanes of at least 4 members (excludes halogenated alkanes) is 2. The Morgan fingerprint density at radius 2 is 1.84 bits per heavy atom. The van der Waals surface area contributed by atoms with Gasteiger partial charge in [-0.2, -0.15) is 0 Å². The fourth-order valence-corrected chi connectivity index (χ4v) is 1.91. The highest BCUT2D eigenvalue weighted by Crippen LogP contribution is 2.10. The monoisotopic (exact) mass is 327 g/mol. The van der Waals surface area contributed by atoms with Gasteiger partial charge in [0, 0.05) is 18.7 Å². The lowest BCUT2D eigenvalue weighted by Gasteiger charge is -2.06. The molecule has 1 aromatic rings. The van der Waals surface area contributed by atoms with E-state index < -0.39 is 0 Å². The minimum atomic E-state index is -0.189. The van der Waals surface area contributed by atoms with Crippen LogP contribution in [0, 0.1) is 0 Å². The van der Waals surface area contributed by atoms with Crippen molar-refractivity contribution in [1.29, 1.82) is 0 Å². The van der Waals surface area contributed by atoms with E-state index in [1.54, 1.807) is 18.2 Å². The molecule has 1 rings (SSSR count). The van der Waals surface area contributed by atoms with E-state index in [0.29, 0.717) is 18.1 Å². The second kappa shape index (κ2) is 8.63. The molecule has 5 nitrogen and oxygen atoms in total. The summed E-state index contributed by atoms with van der Waals surface area (Å²) in [6.45, 7) is 1.41. The van der Waals surface area contributed by atoms with Gasteiger partial charge in [-0.15, -0.1) is 0 Å². The van der Waals surface area contributed by atoms with E-state index in [1.807, 2.05) is 0 Å². The first kappa shape index (κ1) is 15.6. The summed E-state index contributed by atoms with van der Waals surface area (Å²) in [5, 5.41) is 6.26. The van der Waals surface area contributed by atoms with Crippen LogP contribution in [0.4, 0.5) is 11.6 Å². The summed E-state index contributed by atoms with van der Waals surface area (Å²) in [6, 6.07) is 5.10. The Kier molecular flexibility index (Phi) is 7.10. The molecule has 0 aliphatic heterocycles. The van der Waals surface area contributed by atoms with E-state index in [4.69, 9.17) is 0 Å². The van der Waals surface area contributed by atoms with Crippen LogP contribution in [-0.4, -0.2) is 22.1 Å². The first-order valence-corrected chi connectivity index (χ1v) is 7.34. The minimum absolute atomic E-state index is 0.0537. The number of nitrogens with one attached hydrogen (secondary N) is 2. The summed E-state index contributed by atoms with van der Waals surface area (Å²) >= 11 is 3.35. The molecule has 0 aromatic carbocycles. The van der Waals surface area contributed by atoms with Gasteiger partial charge in [0.1, 0.15) is 11.6 Å². The molecule has 0 aliphatic carbocycles. The number of hydrogen-bond acceptors (Lipinski definition) is 3. The van der Waals surface area contributed by atoms with E-state index >= 15 is 0 Å². The summed E-state index contributed by atoms with van der Waals surface area (Å²) in [6.07, 6.45) is 3.45. The topological polar surface area (TPSA) is 71.1 Å². The molecule has 0 aliphatic rings. The van der Waals surface area contributed by atoms with E-state index in [0.717, 1.165) is 24.6 Å². The molecule has 0 radical (unpaired) electrons. The molecule has 19 heavy (non-hydrogen) atoms. The van der Waals surface area contributed by atoms with Gasteiger partial charge in [0.2, 0.25) is 11.8 Å². The van der Waals surface area contributed by atoms with Crippen LogP contribution in [0.25, 0.3) is 0 Å². The molecule has 2 N–H and O–H groups in total. The van der Waals surface area contributed by atoms with Crippen molar-refractivity contribution in [2.45, 2.75) is 32.6 Å². The van der Waals surface area contributed by atoms with E-state index in [1.165, 1.54) is 6.92 Å². The van der Waals surface area contributed by atoms with Crippen molar-refractivity contribution in [3.8, 4) is 0 Å². The smallest absolute Gasteiger partial charge is 0.225 e. The fraction of sp³-hybridized carbons (Fsp3) is 0.462. The quantitative estimate of drug-likeness (QED) is 0.597. The van der Waals surface area contributed by atoms with Crippen LogP contribution in [0.1, 0.15) is 32.6 Å². The number of hydrogen-bond donors (Lipinski definition) is 2. The first-order chi connectivity index (χ1) is 9.11. The third-order valence-corrected chi connectivity index (χ3v) is 2.92. The maximum atomic E-state index is 11.7. The van der Waals surface area contributed by atoms with Gasteiger partial charge >= 0.3 is 0 Å². The number of halogens is 1. The lowest BCUT2D eigenvalue weighted by atomic mass is 10.2. The van der Waals surface area contributed by atoms with Crippen LogP contribution in [0.2, 0.25) is 0 Å². The Bertz CT molecular complexity index is 438. The zero-order valence-electron chi connectivity index (χ0n) is 10.9. The van der Waals surface area contributed by atoms with Crippen molar-refractivity contribution in [3.05, 3.63) is 18.2 Å². The summed E-state index contributed by atoms with van der Waals surface area (Å²) in [4.78, 5) is 26.7. The number of amides is 2. The van der Waals surface area contributed by atoms with Crippen molar-refractivity contribution in [2.75, 3.05) is 16.0 Å². The average molecular weight is 328 g/mol. The molecule has 0 saturated heterocycles. The second-order valence-corrected chi connectivity index (χ2v) is 4.93. The number of pyridine rings is 1. The molecule has 0 unspecified atom stereocenters. The van der Waals surface area contributed by atoms with Gasteiger partial charge in [0.15, 0.2) is 0 Å². The Hall–Kier alpha value is -1.43. The average Bonchev–Trinajstić information content (AvgIpc) is 2.34. The van der Waals surface area contributed by atoms with Crippen molar-refractivity contribution >= 4 is 39.4 Å². The molecule has 0 bridgehead atoms. The number of aromatic nitrogens is 1. The van der Waals surface area contributed by atoms with Gasteiger partial charge in [-0.3, -0.25) is 9.59 Å². The zero-order chi connectivity index (χ0) is 14.1. The van der Waals surface area contributed by atoms with Crippen molar-refractivity contribution in [3.63, 3.8) is 0 Å².